The average Bonchev–Trinajstić information content (AvgIpc) is 3.46. The molecule has 1 aromatic carbocycles. The van der Waals surface area contributed by atoms with Gasteiger partial charge in [0.15, 0.2) is 0 Å². The van der Waals surface area contributed by atoms with Crippen LogP contribution in [0.25, 0.3) is 0 Å². The number of nitrogens with zero attached hydrogens (tertiary/aromatic N) is 3. The van der Waals surface area contributed by atoms with E-state index in [2.05, 4.69) is 39.1 Å². The van der Waals surface area contributed by atoms with E-state index < -0.39 is 0 Å². The number of benzene rings is 1. The van der Waals surface area contributed by atoms with Crippen LogP contribution in [0.5, 0.6) is 5.75 Å². The lowest BCUT2D eigenvalue weighted by Crippen LogP contribution is -2.49. The molecule has 0 bridgehead atoms. The molecule has 0 N–H and O–H groups in total. The smallest absolute Gasteiger partial charge is 0.225 e. The predicted molar refractivity (Wildman–Crippen MR) is 113 cm³/mol. The Morgan fingerprint density at radius 3 is 2.36 bits per heavy atom. The lowest BCUT2D eigenvalue weighted by Gasteiger charge is -2.36. The van der Waals surface area contributed by atoms with E-state index in [-0.39, 0.29) is 11.9 Å². The van der Waals surface area contributed by atoms with Crippen molar-refractivity contribution in [3.05, 3.63) is 71.2 Å². The Kier molecular flexibility index (Phi) is 5.67. The first-order chi connectivity index (χ1) is 13.7. The van der Waals surface area contributed by atoms with E-state index in [4.69, 9.17) is 4.74 Å². The minimum Gasteiger partial charge on any atom is -0.497 e. The van der Waals surface area contributed by atoms with E-state index in [1.807, 2.05) is 41.6 Å². The molecule has 1 aliphatic rings. The molecule has 0 spiro atoms. The van der Waals surface area contributed by atoms with Gasteiger partial charge >= 0.3 is 0 Å². The SMILES string of the molecule is COc1ccc(N2CCN(C(=O)C[C@H](c3cccs3)n3cccc3)CC2)cc1. The maximum Gasteiger partial charge on any atom is 0.225 e. The Hall–Kier alpha value is -2.73. The molecule has 5 nitrogen and oxygen atoms in total. The molecule has 1 atom stereocenters. The van der Waals surface area contributed by atoms with Crippen molar-refractivity contribution >= 4 is 22.9 Å². The minimum absolute atomic E-state index is 0.0714. The van der Waals surface area contributed by atoms with Crippen LogP contribution in [-0.4, -0.2) is 48.7 Å². The van der Waals surface area contributed by atoms with Crippen LogP contribution in [0.4, 0.5) is 5.69 Å². The second-order valence-corrected chi connectivity index (χ2v) is 7.91. The van der Waals surface area contributed by atoms with Crippen molar-refractivity contribution in [1.29, 1.82) is 0 Å². The molecule has 1 amide bonds. The van der Waals surface area contributed by atoms with Crippen LogP contribution < -0.4 is 9.64 Å². The Morgan fingerprint density at radius 1 is 1.04 bits per heavy atom. The van der Waals surface area contributed by atoms with Gasteiger partial charge in [0.1, 0.15) is 5.75 Å². The molecule has 0 aliphatic carbocycles. The van der Waals surface area contributed by atoms with Crippen LogP contribution in [0.15, 0.2) is 66.3 Å². The fourth-order valence-electron chi connectivity index (χ4n) is 3.69. The number of methoxy groups -OCH3 is 1. The third kappa shape index (κ3) is 4.07. The number of carbonyl (C=O) groups is 1. The summed E-state index contributed by atoms with van der Waals surface area (Å²) in [6.45, 7) is 3.22. The Balaban J connectivity index is 1.38. The first-order valence-electron chi connectivity index (χ1n) is 9.57. The monoisotopic (exact) mass is 395 g/mol. The quantitative estimate of drug-likeness (QED) is 0.636. The van der Waals surface area contributed by atoms with Crippen molar-refractivity contribution < 1.29 is 9.53 Å². The number of hydrogen-bond acceptors (Lipinski definition) is 4. The summed E-state index contributed by atoms with van der Waals surface area (Å²) in [4.78, 5) is 18.6. The topological polar surface area (TPSA) is 37.7 Å². The summed E-state index contributed by atoms with van der Waals surface area (Å²) in [7, 11) is 1.68. The highest BCUT2D eigenvalue weighted by atomic mass is 32.1. The van der Waals surface area contributed by atoms with E-state index in [0.29, 0.717) is 6.42 Å². The highest BCUT2D eigenvalue weighted by molar-refractivity contribution is 7.10. The van der Waals surface area contributed by atoms with E-state index in [9.17, 15) is 4.79 Å². The number of anilines is 1. The summed E-state index contributed by atoms with van der Waals surface area (Å²) < 4.78 is 7.37. The maximum atomic E-state index is 13.0. The average molecular weight is 396 g/mol. The highest BCUT2D eigenvalue weighted by Gasteiger charge is 2.25. The maximum absolute atomic E-state index is 13.0. The standard InChI is InChI=1S/C22H25N3O2S/c1-27-19-8-6-18(7-9-19)23-12-14-25(15-13-23)22(26)17-20(21-5-4-16-28-21)24-10-2-3-11-24/h2-11,16,20H,12-15,17H2,1H3/t20-/m1/s1. The van der Waals surface area contributed by atoms with Gasteiger partial charge in [0.2, 0.25) is 5.91 Å². The molecule has 146 valence electrons. The van der Waals surface area contributed by atoms with Crippen LogP contribution in [0, 0.1) is 0 Å². The van der Waals surface area contributed by atoms with Crippen molar-refractivity contribution in [3.8, 4) is 5.75 Å². The molecular weight excluding hydrogens is 370 g/mol. The van der Waals surface area contributed by atoms with Crippen LogP contribution in [0.3, 0.4) is 0 Å². The lowest BCUT2D eigenvalue weighted by molar-refractivity contribution is -0.132. The van der Waals surface area contributed by atoms with Crippen molar-refractivity contribution in [2.24, 2.45) is 0 Å². The number of amides is 1. The van der Waals surface area contributed by atoms with E-state index in [0.717, 1.165) is 31.9 Å². The molecule has 0 saturated carbocycles. The van der Waals surface area contributed by atoms with Crippen LogP contribution >= 0.6 is 11.3 Å². The second kappa shape index (κ2) is 8.52. The molecule has 4 rings (SSSR count). The molecule has 3 heterocycles. The second-order valence-electron chi connectivity index (χ2n) is 6.93. The molecule has 1 fully saturated rings. The fourth-order valence-corrected chi connectivity index (χ4v) is 4.52. The van der Waals surface area contributed by atoms with Crippen molar-refractivity contribution in [3.63, 3.8) is 0 Å². The van der Waals surface area contributed by atoms with Gasteiger partial charge in [-0.05, 0) is 47.8 Å². The highest BCUT2D eigenvalue weighted by Crippen LogP contribution is 2.28. The van der Waals surface area contributed by atoms with Gasteiger partial charge in [-0.3, -0.25) is 4.79 Å². The van der Waals surface area contributed by atoms with Crippen LogP contribution in [0.1, 0.15) is 17.3 Å². The first-order valence-corrected chi connectivity index (χ1v) is 10.4. The summed E-state index contributed by atoms with van der Waals surface area (Å²) >= 11 is 1.71. The largest absolute Gasteiger partial charge is 0.497 e. The Bertz CT molecular complexity index is 833. The molecule has 0 unspecified atom stereocenters. The number of rotatable bonds is 6. The van der Waals surface area contributed by atoms with Gasteiger partial charge in [-0.2, -0.15) is 0 Å². The molecule has 2 aromatic heterocycles. The van der Waals surface area contributed by atoms with Crippen LogP contribution in [0.2, 0.25) is 0 Å². The molecule has 6 heteroatoms. The number of aromatic nitrogens is 1. The molecule has 0 radical (unpaired) electrons. The molecule has 28 heavy (non-hydrogen) atoms. The summed E-state index contributed by atoms with van der Waals surface area (Å²) in [5.74, 6) is 1.09. The Morgan fingerprint density at radius 2 is 1.75 bits per heavy atom. The Labute approximate surface area is 169 Å². The number of ether oxygens (including phenoxy) is 1. The summed E-state index contributed by atoms with van der Waals surface area (Å²) in [5, 5.41) is 2.07. The molecular formula is C22H25N3O2S. The van der Waals surface area contributed by atoms with E-state index in [1.54, 1.807) is 18.4 Å². The van der Waals surface area contributed by atoms with Gasteiger partial charge in [0.05, 0.1) is 19.6 Å². The third-order valence-corrected chi connectivity index (χ3v) is 6.27. The number of carbonyl (C=O) groups excluding carboxylic acids is 1. The first kappa shape index (κ1) is 18.6. The van der Waals surface area contributed by atoms with Gasteiger partial charge in [-0.1, -0.05) is 6.07 Å². The lowest BCUT2D eigenvalue weighted by atomic mass is 10.1. The van der Waals surface area contributed by atoms with Gasteiger partial charge in [0.25, 0.3) is 0 Å². The van der Waals surface area contributed by atoms with Crippen LogP contribution in [-0.2, 0) is 4.79 Å². The zero-order valence-corrected chi connectivity index (χ0v) is 16.8. The van der Waals surface area contributed by atoms with Crippen molar-refractivity contribution in [2.45, 2.75) is 12.5 Å². The number of piperazine rings is 1. The van der Waals surface area contributed by atoms with Gasteiger partial charge in [0, 0.05) is 49.1 Å². The van der Waals surface area contributed by atoms with E-state index >= 15 is 0 Å². The predicted octanol–water partition coefficient (Wildman–Crippen LogP) is 3.89. The van der Waals surface area contributed by atoms with E-state index in [1.165, 1.54) is 10.6 Å². The third-order valence-electron chi connectivity index (χ3n) is 5.30. The molecule has 3 aromatic rings. The fraction of sp³-hybridized carbons (Fsp3) is 0.318. The zero-order valence-electron chi connectivity index (χ0n) is 16.0. The normalized spacial score (nSPS) is 15.5. The zero-order chi connectivity index (χ0) is 19.3. The summed E-state index contributed by atoms with van der Waals surface area (Å²) in [5.41, 5.74) is 1.18. The number of hydrogen-bond donors (Lipinski definition) is 0. The van der Waals surface area contributed by atoms with Gasteiger partial charge in [-0.15, -0.1) is 11.3 Å². The minimum atomic E-state index is 0.0714. The van der Waals surface area contributed by atoms with Crippen molar-refractivity contribution in [2.75, 3.05) is 38.2 Å². The number of thiophene rings is 1. The molecule has 1 saturated heterocycles. The molecule has 1 aliphatic heterocycles. The van der Waals surface area contributed by atoms with Crippen molar-refractivity contribution in [1.82, 2.24) is 9.47 Å². The summed E-state index contributed by atoms with van der Waals surface area (Å²) in [6, 6.07) is 16.4. The summed E-state index contributed by atoms with van der Waals surface area (Å²) in [6.07, 6.45) is 4.58. The van der Waals surface area contributed by atoms with Gasteiger partial charge < -0.3 is 19.1 Å². The van der Waals surface area contributed by atoms with Gasteiger partial charge in [-0.25, -0.2) is 0 Å².